The van der Waals surface area contributed by atoms with Crippen molar-refractivity contribution in [1.29, 1.82) is 0 Å². The summed E-state index contributed by atoms with van der Waals surface area (Å²) < 4.78 is 4.12. The maximum Gasteiger partial charge on any atom is 0.0854 e. The van der Waals surface area contributed by atoms with Crippen LogP contribution in [0, 0.1) is 0 Å². The average Bonchev–Trinajstić information content (AvgIpc) is 3.64. The van der Waals surface area contributed by atoms with Crippen LogP contribution in [0.15, 0.2) is 163 Å². The topological polar surface area (TPSA) is 0 Å². The van der Waals surface area contributed by atoms with E-state index in [2.05, 4.69) is 160 Å². The van der Waals surface area contributed by atoms with E-state index in [0.29, 0.717) is 0 Å². The standard InChI is InChI=1S/C18H11IS3.C18H12S2.C2H6/c19-22-18-17(20-14-8-2-1-3-9-14)15-10-12-6-4-5-7-13(12)11-16(15)21-18;1-2-8-15(9-3-1)20-18-12-19-17-11-14-7-5-4-6-13(14)10-16(17)18;1-2/h1-11H;1-12H;1-2H3. The van der Waals surface area contributed by atoms with Gasteiger partial charge in [-0.2, -0.15) is 0 Å². The van der Waals surface area contributed by atoms with Gasteiger partial charge in [0.1, 0.15) is 0 Å². The van der Waals surface area contributed by atoms with Gasteiger partial charge in [0, 0.05) is 66.3 Å². The van der Waals surface area contributed by atoms with E-state index in [1.54, 1.807) is 0 Å². The summed E-state index contributed by atoms with van der Waals surface area (Å²) in [5.74, 6) is 0. The summed E-state index contributed by atoms with van der Waals surface area (Å²) in [5, 5.41) is 10.3. The SMILES string of the molecule is CC.ISc1sc2cc3ccccc3cc2c1Sc1ccccc1.c1ccc(Sc2csc3cc4ccccc4cc23)cc1. The Kier molecular flexibility index (Phi) is 10.9. The number of fused-ring (bicyclic) bond motifs is 4. The molecule has 44 heavy (non-hydrogen) atoms. The molecule has 0 saturated heterocycles. The first-order chi connectivity index (χ1) is 21.7. The van der Waals surface area contributed by atoms with Gasteiger partial charge >= 0.3 is 0 Å². The molecule has 218 valence electrons. The van der Waals surface area contributed by atoms with Crippen LogP contribution in [0.1, 0.15) is 13.8 Å². The third-order valence-corrected chi connectivity index (χ3v) is 14.5. The Hall–Kier alpha value is -2.46. The van der Waals surface area contributed by atoms with Crippen molar-refractivity contribution in [2.24, 2.45) is 0 Å². The molecule has 8 aromatic rings. The summed E-state index contributed by atoms with van der Waals surface area (Å²) in [6.07, 6.45) is 0. The smallest absolute Gasteiger partial charge is 0.0854 e. The Morgan fingerprint density at radius 2 is 1.00 bits per heavy atom. The minimum absolute atomic E-state index is 1.29. The third-order valence-electron chi connectivity index (χ3n) is 6.89. The fourth-order valence-corrected chi connectivity index (χ4v) is 11.8. The first kappa shape index (κ1) is 31.5. The molecule has 2 aromatic heterocycles. The number of hydrogen-bond acceptors (Lipinski definition) is 5. The molecule has 0 amide bonds. The normalized spacial score (nSPS) is 10.9. The van der Waals surface area contributed by atoms with E-state index in [1.807, 2.05) is 69.0 Å². The third kappa shape index (κ3) is 7.16. The second-order valence-electron chi connectivity index (χ2n) is 9.62. The Balaban J connectivity index is 0.000000148. The molecule has 0 nitrogen and oxygen atoms in total. The van der Waals surface area contributed by atoms with Crippen LogP contribution in [0.5, 0.6) is 0 Å². The van der Waals surface area contributed by atoms with Crippen LogP contribution in [0.2, 0.25) is 0 Å². The summed E-state index contributed by atoms with van der Waals surface area (Å²) in [5.41, 5.74) is 0. The lowest BCUT2D eigenvalue weighted by Crippen LogP contribution is -1.75. The van der Waals surface area contributed by atoms with Gasteiger partial charge in [0.05, 0.1) is 4.21 Å². The van der Waals surface area contributed by atoms with Crippen molar-refractivity contribution in [2.45, 2.75) is 37.6 Å². The number of halogens is 1. The number of benzene rings is 6. The van der Waals surface area contributed by atoms with Gasteiger partial charge in [0.15, 0.2) is 0 Å². The maximum atomic E-state index is 2.39. The van der Waals surface area contributed by atoms with Gasteiger partial charge in [-0.15, -0.1) is 22.7 Å². The fourth-order valence-electron chi connectivity index (χ4n) is 4.88. The van der Waals surface area contributed by atoms with Crippen molar-refractivity contribution < 1.29 is 0 Å². The molecule has 0 atom stereocenters. The second kappa shape index (κ2) is 15.2. The summed E-state index contributed by atoms with van der Waals surface area (Å²) in [6.45, 7) is 4.00. The minimum Gasteiger partial charge on any atom is -0.143 e. The van der Waals surface area contributed by atoms with E-state index in [0.717, 1.165) is 0 Å². The summed E-state index contributed by atoms with van der Waals surface area (Å²) in [6, 6.07) is 47.6. The highest BCUT2D eigenvalue weighted by Crippen LogP contribution is 2.49. The van der Waals surface area contributed by atoms with E-state index in [9.17, 15) is 0 Å². The highest BCUT2D eigenvalue weighted by Gasteiger charge is 2.14. The molecule has 0 aliphatic carbocycles. The lowest BCUT2D eigenvalue weighted by Gasteiger charge is -2.03. The Bertz CT molecular complexity index is 2130. The molecule has 0 spiro atoms. The molecule has 0 N–H and O–H groups in total. The average molecular weight is 773 g/mol. The van der Waals surface area contributed by atoms with Crippen LogP contribution < -0.4 is 0 Å². The predicted molar refractivity (Wildman–Crippen MR) is 211 cm³/mol. The van der Waals surface area contributed by atoms with E-state index >= 15 is 0 Å². The molecule has 0 saturated carbocycles. The lowest BCUT2D eigenvalue weighted by atomic mass is 10.1. The molecule has 6 heteroatoms. The number of thiophene rings is 2. The summed E-state index contributed by atoms with van der Waals surface area (Å²) >= 11 is 9.82. The van der Waals surface area contributed by atoms with Crippen molar-refractivity contribution in [2.75, 3.05) is 0 Å². The Morgan fingerprint density at radius 3 is 1.57 bits per heavy atom. The van der Waals surface area contributed by atoms with Crippen LogP contribution >= 0.6 is 76.3 Å². The minimum atomic E-state index is 1.29. The first-order valence-corrected chi connectivity index (χ1v) is 21.0. The molecule has 8 rings (SSSR count). The monoisotopic (exact) mass is 772 g/mol. The highest BCUT2D eigenvalue weighted by molar-refractivity contribution is 14.2. The Morgan fingerprint density at radius 1 is 0.523 bits per heavy atom. The molecule has 0 fully saturated rings. The van der Waals surface area contributed by atoms with Gasteiger partial charge in [-0.3, -0.25) is 0 Å². The zero-order valence-electron chi connectivity index (χ0n) is 24.2. The van der Waals surface area contributed by atoms with Crippen molar-refractivity contribution in [3.63, 3.8) is 0 Å². The molecule has 0 bridgehead atoms. The van der Waals surface area contributed by atoms with Crippen molar-refractivity contribution >= 4 is 118 Å². The maximum absolute atomic E-state index is 2.39. The molecule has 2 heterocycles. The molecular formula is C38H29IS5. The molecule has 0 aliphatic rings. The van der Waals surface area contributed by atoms with Gasteiger partial charge in [0.25, 0.3) is 0 Å². The quantitative estimate of drug-likeness (QED) is 0.160. The van der Waals surface area contributed by atoms with Gasteiger partial charge in [-0.1, -0.05) is 122 Å². The largest absolute Gasteiger partial charge is 0.143 e. The van der Waals surface area contributed by atoms with Gasteiger partial charge in [0.2, 0.25) is 0 Å². The van der Waals surface area contributed by atoms with Gasteiger partial charge in [-0.05, 0) is 79.0 Å². The molecule has 0 aliphatic heterocycles. The molecule has 6 aromatic carbocycles. The van der Waals surface area contributed by atoms with Crippen molar-refractivity contribution in [3.05, 3.63) is 139 Å². The highest BCUT2D eigenvalue weighted by atomic mass is 127. The van der Waals surface area contributed by atoms with E-state index < -0.39 is 0 Å². The van der Waals surface area contributed by atoms with E-state index in [4.69, 9.17) is 0 Å². The van der Waals surface area contributed by atoms with Gasteiger partial charge < -0.3 is 0 Å². The van der Waals surface area contributed by atoms with Crippen LogP contribution in [0.4, 0.5) is 0 Å². The van der Waals surface area contributed by atoms with Crippen molar-refractivity contribution in [3.8, 4) is 0 Å². The summed E-state index contributed by atoms with van der Waals surface area (Å²) in [7, 11) is 1.81. The first-order valence-electron chi connectivity index (χ1n) is 14.3. The van der Waals surface area contributed by atoms with Crippen LogP contribution in [0.25, 0.3) is 41.7 Å². The zero-order valence-corrected chi connectivity index (χ0v) is 30.4. The molecule has 0 radical (unpaired) electrons. The van der Waals surface area contributed by atoms with Crippen LogP contribution in [-0.4, -0.2) is 0 Å². The number of rotatable bonds is 5. The zero-order chi connectivity index (χ0) is 30.3. The van der Waals surface area contributed by atoms with E-state index in [-0.39, 0.29) is 0 Å². The Labute approximate surface area is 291 Å². The molecular weight excluding hydrogens is 744 g/mol. The van der Waals surface area contributed by atoms with Crippen LogP contribution in [-0.2, 0) is 0 Å². The predicted octanol–water partition coefficient (Wildman–Crippen LogP) is 14.9. The lowest BCUT2D eigenvalue weighted by molar-refractivity contribution is 1.40. The van der Waals surface area contributed by atoms with Crippen molar-refractivity contribution in [1.82, 2.24) is 0 Å². The van der Waals surface area contributed by atoms with Crippen LogP contribution in [0.3, 0.4) is 0 Å². The number of hydrogen-bond donors (Lipinski definition) is 0. The second-order valence-corrected chi connectivity index (χ2v) is 15.9. The fraction of sp³-hybridized carbons (Fsp3) is 0.0526. The van der Waals surface area contributed by atoms with Gasteiger partial charge in [-0.25, -0.2) is 0 Å². The van der Waals surface area contributed by atoms with E-state index in [1.165, 1.54) is 65.5 Å². The molecule has 0 unspecified atom stereocenters. The summed E-state index contributed by atoms with van der Waals surface area (Å²) in [4.78, 5) is 5.32.